The van der Waals surface area contributed by atoms with E-state index in [9.17, 15) is 0 Å². The highest BCUT2D eigenvalue weighted by atomic mass is 16.3. The van der Waals surface area contributed by atoms with Gasteiger partial charge in [0.25, 0.3) is 0 Å². The van der Waals surface area contributed by atoms with Gasteiger partial charge >= 0.3 is 0 Å². The molecule has 1 N–H and O–H groups in total. The van der Waals surface area contributed by atoms with Crippen molar-refractivity contribution in [2.75, 3.05) is 26.2 Å². The summed E-state index contributed by atoms with van der Waals surface area (Å²) < 4.78 is 0. The van der Waals surface area contributed by atoms with Gasteiger partial charge in [0.1, 0.15) is 0 Å². The SMILES string of the molecule is Cc1ccc(CC2CCCN(CCO)CC2)cn1. The van der Waals surface area contributed by atoms with Gasteiger partial charge in [-0.2, -0.15) is 0 Å². The molecule has 3 nitrogen and oxygen atoms in total. The predicted octanol–water partition coefficient (Wildman–Crippen LogP) is 2.03. The highest BCUT2D eigenvalue weighted by Crippen LogP contribution is 2.21. The Hall–Kier alpha value is -0.930. The van der Waals surface area contributed by atoms with Crippen molar-refractivity contribution >= 4 is 0 Å². The molecule has 1 atom stereocenters. The molecule has 2 heterocycles. The summed E-state index contributed by atoms with van der Waals surface area (Å²) in [5, 5.41) is 8.99. The highest BCUT2D eigenvalue weighted by molar-refractivity contribution is 5.13. The molecular formula is C15H24N2O. The van der Waals surface area contributed by atoms with Crippen molar-refractivity contribution in [3.8, 4) is 0 Å². The third-order valence-electron chi connectivity index (χ3n) is 3.85. The number of aromatic nitrogens is 1. The second kappa shape index (κ2) is 6.86. The van der Waals surface area contributed by atoms with Crippen LogP contribution in [0, 0.1) is 12.8 Å². The number of hydrogen-bond donors (Lipinski definition) is 1. The van der Waals surface area contributed by atoms with Crippen LogP contribution in [-0.4, -0.2) is 41.2 Å². The number of β-amino-alcohol motifs (C(OH)–C–C–N with tert-alkyl or cyclic N) is 1. The Morgan fingerprint density at radius 1 is 1.33 bits per heavy atom. The molecule has 0 aliphatic carbocycles. The number of nitrogens with zero attached hydrogens (tertiary/aromatic N) is 2. The van der Waals surface area contributed by atoms with Crippen LogP contribution in [0.15, 0.2) is 18.3 Å². The molecule has 1 aliphatic rings. The molecule has 1 saturated heterocycles. The van der Waals surface area contributed by atoms with Crippen LogP contribution in [0.1, 0.15) is 30.5 Å². The van der Waals surface area contributed by atoms with Gasteiger partial charge in [0.15, 0.2) is 0 Å². The predicted molar refractivity (Wildman–Crippen MR) is 73.5 cm³/mol. The Morgan fingerprint density at radius 3 is 2.94 bits per heavy atom. The molecule has 100 valence electrons. The van der Waals surface area contributed by atoms with Gasteiger partial charge in [-0.15, -0.1) is 0 Å². The van der Waals surface area contributed by atoms with E-state index in [0.29, 0.717) is 0 Å². The van der Waals surface area contributed by atoms with E-state index in [2.05, 4.69) is 22.0 Å². The van der Waals surface area contributed by atoms with Gasteiger partial charge in [0, 0.05) is 18.4 Å². The van der Waals surface area contributed by atoms with Crippen molar-refractivity contribution in [3.05, 3.63) is 29.6 Å². The normalized spacial score (nSPS) is 21.8. The average molecular weight is 248 g/mol. The Balaban J connectivity index is 1.84. The first-order valence-electron chi connectivity index (χ1n) is 7.02. The molecule has 0 radical (unpaired) electrons. The average Bonchev–Trinajstić information content (AvgIpc) is 2.59. The first kappa shape index (κ1) is 13.5. The van der Waals surface area contributed by atoms with Crippen LogP contribution in [0.2, 0.25) is 0 Å². The Morgan fingerprint density at radius 2 is 2.22 bits per heavy atom. The van der Waals surface area contributed by atoms with Crippen molar-refractivity contribution in [1.82, 2.24) is 9.88 Å². The van der Waals surface area contributed by atoms with Crippen LogP contribution in [-0.2, 0) is 6.42 Å². The summed E-state index contributed by atoms with van der Waals surface area (Å²) in [5.41, 5.74) is 2.45. The molecular weight excluding hydrogens is 224 g/mol. The lowest BCUT2D eigenvalue weighted by molar-refractivity contribution is 0.199. The molecule has 0 aromatic carbocycles. The number of pyridine rings is 1. The smallest absolute Gasteiger partial charge is 0.0558 e. The molecule has 1 aliphatic heterocycles. The van der Waals surface area contributed by atoms with Crippen LogP contribution in [0.5, 0.6) is 0 Å². The number of aliphatic hydroxyl groups is 1. The summed E-state index contributed by atoms with van der Waals surface area (Å²) in [5.74, 6) is 0.776. The summed E-state index contributed by atoms with van der Waals surface area (Å²) in [6.07, 6.45) is 6.97. The Kier molecular flexibility index (Phi) is 5.14. The first-order valence-corrected chi connectivity index (χ1v) is 7.02. The van der Waals surface area contributed by atoms with E-state index in [0.717, 1.165) is 37.7 Å². The van der Waals surface area contributed by atoms with E-state index in [1.807, 2.05) is 13.1 Å². The molecule has 18 heavy (non-hydrogen) atoms. The Bertz CT molecular complexity index is 350. The fourth-order valence-corrected chi connectivity index (χ4v) is 2.75. The fourth-order valence-electron chi connectivity index (χ4n) is 2.75. The summed E-state index contributed by atoms with van der Waals surface area (Å²) in [6, 6.07) is 4.31. The fraction of sp³-hybridized carbons (Fsp3) is 0.667. The van der Waals surface area contributed by atoms with Crippen molar-refractivity contribution < 1.29 is 5.11 Å². The van der Waals surface area contributed by atoms with Crippen LogP contribution < -0.4 is 0 Å². The topological polar surface area (TPSA) is 36.4 Å². The minimum Gasteiger partial charge on any atom is -0.395 e. The quantitative estimate of drug-likeness (QED) is 0.885. The zero-order chi connectivity index (χ0) is 12.8. The van der Waals surface area contributed by atoms with Crippen LogP contribution in [0.25, 0.3) is 0 Å². The van der Waals surface area contributed by atoms with E-state index < -0.39 is 0 Å². The van der Waals surface area contributed by atoms with E-state index in [-0.39, 0.29) is 6.61 Å². The zero-order valence-electron chi connectivity index (χ0n) is 11.3. The van der Waals surface area contributed by atoms with Crippen molar-refractivity contribution in [2.24, 2.45) is 5.92 Å². The first-order chi connectivity index (χ1) is 8.78. The highest BCUT2D eigenvalue weighted by Gasteiger charge is 2.16. The van der Waals surface area contributed by atoms with Crippen molar-refractivity contribution in [3.63, 3.8) is 0 Å². The summed E-state index contributed by atoms with van der Waals surface area (Å²) >= 11 is 0. The monoisotopic (exact) mass is 248 g/mol. The molecule has 1 aromatic rings. The number of aliphatic hydroxyl groups excluding tert-OH is 1. The second-order valence-corrected chi connectivity index (χ2v) is 5.37. The minimum absolute atomic E-state index is 0.284. The van der Waals surface area contributed by atoms with Gasteiger partial charge in [-0.1, -0.05) is 6.07 Å². The third-order valence-corrected chi connectivity index (χ3v) is 3.85. The molecule has 0 saturated carbocycles. The summed E-state index contributed by atoms with van der Waals surface area (Å²) in [4.78, 5) is 6.75. The molecule has 3 heteroatoms. The summed E-state index contributed by atoms with van der Waals surface area (Å²) in [6.45, 7) is 5.42. The van der Waals surface area contributed by atoms with Gasteiger partial charge < -0.3 is 10.0 Å². The standard InChI is InChI=1S/C15H24N2O/c1-13-4-5-15(12-16-13)11-14-3-2-7-17(8-6-14)9-10-18/h4-5,12,14,18H,2-3,6-11H2,1H3. The second-order valence-electron chi connectivity index (χ2n) is 5.37. The van der Waals surface area contributed by atoms with Crippen LogP contribution in [0.3, 0.4) is 0 Å². The van der Waals surface area contributed by atoms with E-state index in [1.165, 1.54) is 24.8 Å². The molecule has 1 aromatic heterocycles. The number of likely N-dealkylation sites (tertiary alicyclic amines) is 1. The molecule has 1 unspecified atom stereocenters. The van der Waals surface area contributed by atoms with Gasteiger partial charge in [-0.05, 0) is 63.2 Å². The maximum Gasteiger partial charge on any atom is 0.0558 e. The lowest BCUT2D eigenvalue weighted by Crippen LogP contribution is -2.27. The lowest BCUT2D eigenvalue weighted by atomic mass is 9.93. The molecule has 2 rings (SSSR count). The number of rotatable bonds is 4. The van der Waals surface area contributed by atoms with Crippen molar-refractivity contribution in [2.45, 2.75) is 32.6 Å². The minimum atomic E-state index is 0.284. The molecule has 0 spiro atoms. The maximum atomic E-state index is 8.99. The number of aryl methyl sites for hydroxylation is 1. The third kappa shape index (κ3) is 4.07. The van der Waals surface area contributed by atoms with E-state index >= 15 is 0 Å². The van der Waals surface area contributed by atoms with Crippen LogP contribution >= 0.6 is 0 Å². The van der Waals surface area contributed by atoms with Crippen LogP contribution in [0.4, 0.5) is 0 Å². The van der Waals surface area contributed by atoms with Gasteiger partial charge in [0.05, 0.1) is 6.61 Å². The summed E-state index contributed by atoms with van der Waals surface area (Å²) in [7, 11) is 0. The Labute approximate surface area is 110 Å². The van der Waals surface area contributed by atoms with Gasteiger partial charge in [-0.3, -0.25) is 4.98 Å². The van der Waals surface area contributed by atoms with Crippen molar-refractivity contribution in [1.29, 1.82) is 0 Å². The lowest BCUT2D eigenvalue weighted by Gasteiger charge is -2.18. The van der Waals surface area contributed by atoms with E-state index in [1.54, 1.807) is 0 Å². The molecule has 0 bridgehead atoms. The maximum absolute atomic E-state index is 8.99. The largest absolute Gasteiger partial charge is 0.395 e. The molecule has 0 amide bonds. The number of hydrogen-bond acceptors (Lipinski definition) is 3. The van der Waals surface area contributed by atoms with E-state index in [4.69, 9.17) is 5.11 Å². The van der Waals surface area contributed by atoms with Gasteiger partial charge in [-0.25, -0.2) is 0 Å². The zero-order valence-corrected chi connectivity index (χ0v) is 11.3. The van der Waals surface area contributed by atoms with Gasteiger partial charge in [0.2, 0.25) is 0 Å². The molecule has 1 fully saturated rings.